The maximum atomic E-state index is 13.5. The van der Waals surface area contributed by atoms with Gasteiger partial charge in [-0.3, -0.25) is 15.1 Å². The summed E-state index contributed by atoms with van der Waals surface area (Å²) in [6.07, 6.45) is -1.82. The normalized spacial score (nSPS) is 11.5. The van der Waals surface area contributed by atoms with E-state index >= 15 is 0 Å². The second-order valence-electron chi connectivity index (χ2n) is 7.01. The number of para-hydroxylation sites is 1. The first kappa shape index (κ1) is 23.2. The highest BCUT2D eigenvalue weighted by molar-refractivity contribution is 5.78. The molecule has 0 bridgehead atoms. The number of pyridine rings is 1. The van der Waals surface area contributed by atoms with E-state index in [2.05, 4.69) is 30.5 Å². The lowest BCUT2D eigenvalue weighted by Crippen LogP contribution is -2.06. The van der Waals surface area contributed by atoms with Crippen LogP contribution in [0.1, 0.15) is 5.56 Å². The molecule has 3 N–H and O–H groups in total. The summed E-state index contributed by atoms with van der Waals surface area (Å²) in [5.74, 6) is 0.174. The van der Waals surface area contributed by atoms with Crippen molar-refractivity contribution in [2.75, 3.05) is 11.1 Å². The lowest BCUT2D eigenvalue weighted by Gasteiger charge is -2.12. The molecule has 0 aliphatic carbocycles. The average molecular weight is 480 g/mol. The molecule has 0 saturated heterocycles. The predicted octanol–water partition coefficient (Wildman–Crippen LogP) is 6.21. The number of alkyl halides is 3. The lowest BCUT2D eigenvalue weighted by molar-refractivity contribution is -0.385. The van der Waals surface area contributed by atoms with Crippen molar-refractivity contribution in [3.05, 3.63) is 88.7 Å². The van der Waals surface area contributed by atoms with E-state index in [0.29, 0.717) is 17.3 Å². The van der Waals surface area contributed by atoms with Gasteiger partial charge in [0.25, 0.3) is 5.69 Å². The highest BCUT2D eigenvalue weighted by Crippen LogP contribution is 2.40. The first-order valence-corrected chi connectivity index (χ1v) is 9.90. The molecule has 0 saturated carbocycles. The van der Waals surface area contributed by atoms with Crippen molar-refractivity contribution in [1.82, 2.24) is 15.0 Å². The fourth-order valence-electron chi connectivity index (χ4n) is 3.00. The molecular formula is C22H15F3N8O2. The number of aromatic nitrogens is 3. The second kappa shape index (κ2) is 9.51. The molecule has 0 unspecified atom stereocenters. The highest BCUT2D eigenvalue weighted by Gasteiger charge is 2.35. The zero-order valence-electron chi connectivity index (χ0n) is 17.6. The number of nitrogen functional groups attached to an aromatic ring is 1. The monoisotopic (exact) mass is 480 g/mol. The third kappa shape index (κ3) is 5.35. The number of non-ortho nitro benzene ring substituents is 1. The Kier molecular flexibility index (Phi) is 6.31. The Balaban J connectivity index is 1.81. The molecule has 0 aliphatic heterocycles. The van der Waals surface area contributed by atoms with Gasteiger partial charge in [0.05, 0.1) is 16.2 Å². The van der Waals surface area contributed by atoms with Crippen LogP contribution in [0.5, 0.6) is 0 Å². The average Bonchev–Trinajstić information content (AvgIpc) is 2.84. The van der Waals surface area contributed by atoms with Gasteiger partial charge in [-0.2, -0.15) is 13.2 Å². The summed E-state index contributed by atoms with van der Waals surface area (Å²) in [6, 6.07) is 14.3. The Labute approximate surface area is 195 Å². The van der Waals surface area contributed by atoms with Gasteiger partial charge in [0.1, 0.15) is 0 Å². The topological polar surface area (TPSA) is 145 Å². The Bertz CT molecular complexity index is 1400. The van der Waals surface area contributed by atoms with Crippen LogP contribution < -0.4 is 11.1 Å². The molecule has 35 heavy (non-hydrogen) atoms. The van der Waals surface area contributed by atoms with Crippen LogP contribution in [0.25, 0.3) is 11.4 Å². The van der Waals surface area contributed by atoms with Crippen molar-refractivity contribution in [3.8, 4) is 11.4 Å². The summed E-state index contributed by atoms with van der Waals surface area (Å²) in [7, 11) is 0. The standard InChI is InChI=1S/C22H15F3N8O2/c23-22(24,25)16-12-15(33(34)35)6-7-17(16)31-32-18-19(26)29-20(13-8-10-27-11-9-13)30-21(18)28-14-4-2-1-3-5-14/h1-12H,(H3,26,28,29,30). The zero-order chi connectivity index (χ0) is 25.0. The largest absolute Gasteiger partial charge is 0.418 e. The van der Waals surface area contributed by atoms with Gasteiger partial charge in [0.2, 0.25) is 0 Å². The Morgan fingerprint density at radius 3 is 2.34 bits per heavy atom. The van der Waals surface area contributed by atoms with Gasteiger partial charge in [-0.1, -0.05) is 18.2 Å². The maximum absolute atomic E-state index is 13.5. The van der Waals surface area contributed by atoms with Gasteiger partial charge >= 0.3 is 6.18 Å². The SMILES string of the molecule is Nc1nc(-c2ccncc2)nc(Nc2ccccc2)c1N=Nc1ccc([N+](=O)[O-])cc1C(F)(F)F. The molecular weight excluding hydrogens is 465 g/mol. The van der Waals surface area contributed by atoms with Gasteiger partial charge in [0, 0.05) is 35.8 Å². The summed E-state index contributed by atoms with van der Waals surface area (Å²) in [6.45, 7) is 0. The summed E-state index contributed by atoms with van der Waals surface area (Å²) < 4.78 is 40.5. The number of benzene rings is 2. The van der Waals surface area contributed by atoms with Gasteiger partial charge in [0.15, 0.2) is 23.1 Å². The van der Waals surface area contributed by atoms with E-state index in [4.69, 9.17) is 5.73 Å². The minimum absolute atomic E-state index is 0.0923. The van der Waals surface area contributed by atoms with E-state index in [1.165, 1.54) is 0 Å². The smallest absolute Gasteiger partial charge is 0.382 e. The van der Waals surface area contributed by atoms with Crippen LogP contribution in [0, 0.1) is 10.1 Å². The molecule has 176 valence electrons. The fourth-order valence-corrected chi connectivity index (χ4v) is 3.00. The number of halogens is 3. The Hall–Kier alpha value is -4.94. The number of nitrogens with two attached hydrogens (primary N) is 1. The Morgan fingerprint density at radius 2 is 1.69 bits per heavy atom. The minimum Gasteiger partial charge on any atom is -0.382 e. The molecule has 2 aromatic heterocycles. The first-order valence-electron chi connectivity index (χ1n) is 9.90. The molecule has 0 amide bonds. The second-order valence-corrected chi connectivity index (χ2v) is 7.01. The van der Waals surface area contributed by atoms with Gasteiger partial charge < -0.3 is 11.1 Å². The van der Waals surface area contributed by atoms with Crippen LogP contribution in [-0.2, 0) is 6.18 Å². The van der Waals surface area contributed by atoms with Crippen LogP contribution in [-0.4, -0.2) is 19.9 Å². The Morgan fingerprint density at radius 1 is 0.971 bits per heavy atom. The van der Waals surface area contributed by atoms with Crippen LogP contribution in [0.15, 0.2) is 83.3 Å². The molecule has 4 aromatic rings. The van der Waals surface area contributed by atoms with Crippen molar-refractivity contribution in [3.63, 3.8) is 0 Å². The zero-order valence-corrected chi connectivity index (χ0v) is 17.6. The minimum atomic E-state index is -4.90. The molecule has 10 nitrogen and oxygen atoms in total. The van der Waals surface area contributed by atoms with E-state index in [1.54, 1.807) is 54.9 Å². The molecule has 0 aliphatic rings. The third-order valence-corrected chi connectivity index (χ3v) is 4.64. The maximum Gasteiger partial charge on any atom is 0.418 e. The van der Waals surface area contributed by atoms with Crippen molar-refractivity contribution in [1.29, 1.82) is 0 Å². The van der Waals surface area contributed by atoms with Gasteiger partial charge in [-0.05, 0) is 30.3 Å². The summed E-state index contributed by atoms with van der Waals surface area (Å²) >= 11 is 0. The molecule has 2 aromatic carbocycles. The van der Waals surface area contributed by atoms with Crippen LogP contribution in [0.2, 0.25) is 0 Å². The molecule has 0 fully saturated rings. The fraction of sp³-hybridized carbons (Fsp3) is 0.0455. The van der Waals surface area contributed by atoms with Crippen LogP contribution in [0.3, 0.4) is 0 Å². The summed E-state index contributed by atoms with van der Waals surface area (Å²) in [5, 5.41) is 21.5. The van der Waals surface area contributed by atoms with Crippen molar-refractivity contribution < 1.29 is 18.1 Å². The molecule has 0 atom stereocenters. The molecule has 13 heteroatoms. The number of nitrogens with one attached hydrogen (secondary N) is 1. The van der Waals surface area contributed by atoms with Crippen molar-refractivity contribution >= 4 is 34.4 Å². The van der Waals surface area contributed by atoms with E-state index in [0.717, 1.165) is 12.1 Å². The van der Waals surface area contributed by atoms with Crippen molar-refractivity contribution in [2.24, 2.45) is 10.2 Å². The number of nitro benzene ring substituents is 1. The number of rotatable bonds is 6. The highest BCUT2D eigenvalue weighted by atomic mass is 19.4. The van der Waals surface area contributed by atoms with Crippen LogP contribution in [0.4, 0.5) is 47.6 Å². The molecule has 0 radical (unpaired) electrons. The number of hydrogen-bond acceptors (Lipinski definition) is 9. The van der Waals surface area contributed by atoms with E-state index in [1.807, 2.05) is 0 Å². The first-order chi connectivity index (χ1) is 16.7. The van der Waals surface area contributed by atoms with Gasteiger partial charge in [-0.15, -0.1) is 10.2 Å². The molecule has 0 spiro atoms. The summed E-state index contributed by atoms with van der Waals surface area (Å²) in [4.78, 5) is 22.6. The van der Waals surface area contributed by atoms with E-state index in [-0.39, 0.29) is 23.1 Å². The number of anilines is 3. The lowest BCUT2D eigenvalue weighted by atomic mass is 10.1. The van der Waals surface area contributed by atoms with E-state index in [9.17, 15) is 23.3 Å². The van der Waals surface area contributed by atoms with E-state index < -0.39 is 28.0 Å². The number of nitro groups is 1. The molecule has 2 heterocycles. The van der Waals surface area contributed by atoms with Crippen LogP contribution >= 0.6 is 0 Å². The van der Waals surface area contributed by atoms with Gasteiger partial charge in [-0.25, -0.2) is 9.97 Å². The number of nitrogens with zero attached hydrogens (tertiary/aromatic N) is 6. The number of azo groups is 1. The van der Waals surface area contributed by atoms with Crippen molar-refractivity contribution in [2.45, 2.75) is 6.18 Å². The quantitative estimate of drug-likeness (QED) is 0.190. The predicted molar refractivity (Wildman–Crippen MR) is 122 cm³/mol. The summed E-state index contributed by atoms with van der Waals surface area (Å²) in [5.41, 5.74) is 4.50. The molecule has 4 rings (SSSR count). The number of hydrogen-bond donors (Lipinski definition) is 2. The third-order valence-electron chi connectivity index (χ3n) is 4.64.